The van der Waals surface area contributed by atoms with E-state index >= 15 is 0 Å². The van der Waals surface area contributed by atoms with Gasteiger partial charge in [0.15, 0.2) is 5.78 Å². The Morgan fingerprint density at radius 2 is 1.76 bits per heavy atom. The molecule has 2 N–H and O–H groups in total. The number of carbonyl (C=O) groups is 2. The highest BCUT2D eigenvalue weighted by atomic mass is 19.1. The molecule has 2 aliphatic heterocycles. The molecule has 1 aliphatic carbocycles. The molecule has 0 spiro atoms. The third-order valence-electron chi connectivity index (χ3n) is 6.73. The second kappa shape index (κ2) is 9.43. The summed E-state index contributed by atoms with van der Waals surface area (Å²) in [4.78, 5) is 28.8. The monoisotopic (exact) mass is 461 g/mol. The maximum Gasteiger partial charge on any atom is 0.254 e. The van der Waals surface area contributed by atoms with Gasteiger partial charge >= 0.3 is 0 Å². The Balaban J connectivity index is 1.51. The van der Waals surface area contributed by atoms with Crippen molar-refractivity contribution in [3.05, 3.63) is 82.5 Å². The number of benzene rings is 2. The standard InChI is InChI=1S/C27H28FN3O3/c1-17-24(27(33)30-20-9-7-19(28)8-10-20)25(26-22(29-17)3-2-4-23(26)32)18-5-11-21(12-6-18)31-13-15-34-16-14-31/h5-12,25,29H,2-4,13-16H2,1H3,(H,30,33)/t25-/m1/s1. The fourth-order valence-electron chi connectivity index (χ4n) is 5.05. The van der Waals surface area contributed by atoms with Crippen LogP contribution >= 0.6 is 0 Å². The van der Waals surface area contributed by atoms with Crippen molar-refractivity contribution in [2.45, 2.75) is 32.1 Å². The molecule has 2 aromatic rings. The summed E-state index contributed by atoms with van der Waals surface area (Å²) in [6, 6.07) is 13.8. The lowest BCUT2D eigenvalue weighted by molar-refractivity contribution is -0.116. The van der Waals surface area contributed by atoms with E-state index in [1.807, 2.05) is 19.1 Å². The minimum atomic E-state index is -0.455. The van der Waals surface area contributed by atoms with Gasteiger partial charge in [0.25, 0.3) is 5.91 Å². The van der Waals surface area contributed by atoms with Crippen molar-refractivity contribution in [1.29, 1.82) is 0 Å². The summed E-state index contributed by atoms with van der Waals surface area (Å²) in [5, 5.41) is 6.22. The Morgan fingerprint density at radius 1 is 1.06 bits per heavy atom. The molecule has 34 heavy (non-hydrogen) atoms. The van der Waals surface area contributed by atoms with E-state index < -0.39 is 5.92 Å². The number of morpholine rings is 1. The largest absolute Gasteiger partial charge is 0.378 e. The molecule has 0 bridgehead atoms. The smallest absolute Gasteiger partial charge is 0.254 e. The second-order valence-corrected chi connectivity index (χ2v) is 8.92. The number of allylic oxidation sites excluding steroid dienone is 3. The Morgan fingerprint density at radius 3 is 2.47 bits per heavy atom. The number of hydrogen-bond donors (Lipinski definition) is 2. The minimum absolute atomic E-state index is 0.0792. The van der Waals surface area contributed by atoms with E-state index in [9.17, 15) is 14.0 Å². The Labute approximate surface area is 198 Å². The number of anilines is 2. The van der Waals surface area contributed by atoms with Crippen molar-refractivity contribution in [1.82, 2.24) is 5.32 Å². The summed E-state index contributed by atoms with van der Waals surface area (Å²) < 4.78 is 18.8. The van der Waals surface area contributed by atoms with Crippen LogP contribution in [0.15, 0.2) is 71.1 Å². The number of Topliss-reactive ketones (excluding diaryl/α,β-unsaturated/α-hetero) is 1. The predicted molar refractivity (Wildman–Crippen MR) is 129 cm³/mol. The van der Waals surface area contributed by atoms with Crippen LogP contribution in [0.5, 0.6) is 0 Å². The molecule has 2 heterocycles. The van der Waals surface area contributed by atoms with E-state index in [-0.39, 0.29) is 17.5 Å². The molecule has 1 amide bonds. The number of rotatable bonds is 4. The molecule has 3 aliphatic rings. The third-order valence-corrected chi connectivity index (χ3v) is 6.73. The van der Waals surface area contributed by atoms with Crippen LogP contribution in [-0.2, 0) is 14.3 Å². The van der Waals surface area contributed by atoms with Crippen LogP contribution in [0, 0.1) is 5.82 Å². The van der Waals surface area contributed by atoms with Crippen LogP contribution in [0.3, 0.4) is 0 Å². The third kappa shape index (κ3) is 4.35. The number of halogens is 1. The molecule has 2 aromatic carbocycles. The van der Waals surface area contributed by atoms with Gasteiger partial charge < -0.3 is 20.3 Å². The zero-order valence-electron chi connectivity index (χ0n) is 19.2. The number of nitrogens with zero attached hydrogens (tertiary/aromatic N) is 1. The van der Waals surface area contributed by atoms with Crippen LogP contribution in [0.25, 0.3) is 0 Å². The summed E-state index contributed by atoms with van der Waals surface area (Å²) in [5.74, 6) is -1.05. The number of amides is 1. The molecule has 7 heteroatoms. The lowest BCUT2D eigenvalue weighted by Gasteiger charge is -2.35. The Bertz CT molecular complexity index is 1160. The van der Waals surface area contributed by atoms with Gasteiger partial charge in [0, 0.05) is 59.3 Å². The van der Waals surface area contributed by atoms with Crippen LogP contribution in [0.4, 0.5) is 15.8 Å². The fourth-order valence-corrected chi connectivity index (χ4v) is 5.05. The van der Waals surface area contributed by atoms with E-state index in [0.717, 1.165) is 48.6 Å². The molecule has 0 saturated carbocycles. The first-order valence-electron chi connectivity index (χ1n) is 11.7. The van der Waals surface area contributed by atoms with Crippen molar-refractivity contribution < 1.29 is 18.7 Å². The number of hydrogen-bond acceptors (Lipinski definition) is 5. The second-order valence-electron chi connectivity index (χ2n) is 8.92. The average molecular weight is 462 g/mol. The van der Waals surface area contributed by atoms with Crippen LogP contribution in [-0.4, -0.2) is 38.0 Å². The van der Waals surface area contributed by atoms with Gasteiger partial charge in [-0.2, -0.15) is 0 Å². The fraction of sp³-hybridized carbons (Fsp3) is 0.333. The van der Waals surface area contributed by atoms with Gasteiger partial charge in [0.1, 0.15) is 5.82 Å². The molecular weight excluding hydrogens is 433 g/mol. The molecule has 176 valence electrons. The van der Waals surface area contributed by atoms with E-state index in [4.69, 9.17) is 4.74 Å². The van der Waals surface area contributed by atoms with Gasteiger partial charge in [-0.1, -0.05) is 12.1 Å². The minimum Gasteiger partial charge on any atom is -0.378 e. The summed E-state index contributed by atoms with van der Waals surface area (Å²) in [5.41, 5.74) is 5.35. The highest BCUT2D eigenvalue weighted by Crippen LogP contribution is 2.42. The van der Waals surface area contributed by atoms with Gasteiger partial charge in [0.2, 0.25) is 0 Å². The molecule has 1 saturated heterocycles. The van der Waals surface area contributed by atoms with Crippen molar-refractivity contribution in [2.75, 3.05) is 36.5 Å². The topological polar surface area (TPSA) is 70.7 Å². The quantitative estimate of drug-likeness (QED) is 0.712. The number of carbonyl (C=O) groups excluding carboxylic acids is 2. The van der Waals surface area contributed by atoms with Gasteiger partial charge in [-0.15, -0.1) is 0 Å². The molecule has 5 rings (SSSR count). The normalized spacial score (nSPS) is 20.7. The highest BCUT2D eigenvalue weighted by molar-refractivity contribution is 6.09. The van der Waals surface area contributed by atoms with Crippen LogP contribution in [0.1, 0.15) is 37.7 Å². The van der Waals surface area contributed by atoms with Crippen molar-refractivity contribution in [3.63, 3.8) is 0 Å². The van der Waals surface area contributed by atoms with Gasteiger partial charge in [-0.3, -0.25) is 9.59 Å². The SMILES string of the molecule is CC1=C(C(=O)Nc2ccc(F)cc2)[C@@H](c2ccc(N3CCOCC3)cc2)C2=C(CCCC2=O)N1. The first kappa shape index (κ1) is 22.3. The molecular formula is C27H28FN3O3. The maximum absolute atomic E-state index is 13.5. The zero-order valence-corrected chi connectivity index (χ0v) is 19.2. The molecule has 1 atom stereocenters. The first-order valence-corrected chi connectivity index (χ1v) is 11.7. The maximum atomic E-state index is 13.5. The molecule has 6 nitrogen and oxygen atoms in total. The number of dihydropyridines is 1. The number of ketones is 1. The molecule has 0 unspecified atom stereocenters. The zero-order chi connectivity index (χ0) is 23.7. The van der Waals surface area contributed by atoms with Crippen molar-refractivity contribution >= 4 is 23.1 Å². The molecule has 0 aromatic heterocycles. The Kier molecular flexibility index (Phi) is 6.20. The lowest BCUT2D eigenvalue weighted by atomic mass is 9.75. The van der Waals surface area contributed by atoms with Gasteiger partial charge in [0.05, 0.1) is 13.2 Å². The first-order chi connectivity index (χ1) is 16.5. The summed E-state index contributed by atoms with van der Waals surface area (Å²) in [6.45, 7) is 4.96. The Hall–Kier alpha value is -3.45. The summed E-state index contributed by atoms with van der Waals surface area (Å²) in [7, 11) is 0. The molecule has 0 radical (unpaired) electrons. The van der Waals surface area contributed by atoms with Crippen molar-refractivity contribution in [3.8, 4) is 0 Å². The van der Waals surface area contributed by atoms with Crippen LogP contribution in [0.2, 0.25) is 0 Å². The molecule has 1 fully saturated rings. The van der Waals surface area contributed by atoms with Crippen molar-refractivity contribution in [2.24, 2.45) is 0 Å². The number of nitrogens with one attached hydrogen (secondary N) is 2. The van der Waals surface area contributed by atoms with Gasteiger partial charge in [-0.25, -0.2) is 4.39 Å². The predicted octanol–water partition coefficient (Wildman–Crippen LogP) is 4.27. The van der Waals surface area contributed by atoms with Crippen LogP contribution < -0.4 is 15.5 Å². The van der Waals surface area contributed by atoms with E-state index in [2.05, 4.69) is 27.7 Å². The average Bonchev–Trinajstić information content (AvgIpc) is 2.85. The van der Waals surface area contributed by atoms with E-state index in [1.54, 1.807) is 0 Å². The summed E-state index contributed by atoms with van der Waals surface area (Å²) >= 11 is 0. The van der Waals surface area contributed by atoms with E-state index in [1.165, 1.54) is 24.3 Å². The van der Waals surface area contributed by atoms with Gasteiger partial charge in [-0.05, 0) is 61.7 Å². The lowest BCUT2D eigenvalue weighted by Crippen LogP contribution is -2.36. The van der Waals surface area contributed by atoms with E-state index in [0.29, 0.717) is 36.5 Å². The number of ether oxygens (including phenoxy) is 1. The summed E-state index contributed by atoms with van der Waals surface area (Å²) in [6.07, 6.45) is 2.07. The highest BCUT2D eigenvalue weighted by Gasteiger charge is 2.38.